The van der Waals surface area contributed by atoms with Crippen molar-refractivity contribution < 1.29 is 29.6 Å². The summed E-state index contributed by atoms with van der Waals surface area (Å²) in [6.45, 7) is -0.391. The van der Waals surface area contributed by atoms with E-state index < -0.39 is 0 Å². The van der Waals surface area contributed by atoms with Gasteiger partial charge in [-0.1, -0.05) is 72.8 Å². The zero-order valence-electron chi connectivity index (χ0n) is 21.5. The van der Waals surface area contributed by atoms with E-state index in [1.807, 2.05) is 42.5 Å². The molecule has 0 bridgehead atoms. The first kappa shape index (κ1) is 28.2. The summed E-state index contributed by atoms with van der Waals surface area (Å²) in [7, 11) is 3.10. The lowest BCUT2D eigenvalue weighted by Crippen LogP contribution is -2.02. The number of hydrogen-bond acceptors (Lipinski definition) is 6. The number of benzene rings is 3. The lowest BCUT2D eigenvalue weighted by molar-refractivity contribution is -0.111. The van der Waals surface area contributed by atoms with Crippen molar-refractivity contribution in [3.8, 4) is 11.5 Å². The summed E-state index contributed by atoms with van der Waals surface area (Å²) in [6.07, 6.45) is 10.1. The predicted molar refractivity (Wildman–Crippen MR) is 151 cm³/mol. The first-order valence-electron chi connectivity index (χ1n) is 12.1. The number of aliphatic hydroxyl groups is 3. The minimum absolute atomic E-state index is 0.165. The van der Waals surface area contributed by atoms with Crippen LogP contribution in [0.1, 0.15) is 34.2 Å². The molecule has 3 aromatic rings. The number of methoxy groups -OCH3 is 2. The van der Waals surface area contributed by atoms with E-state index in [2.05, 4.69) is 0 Å². The average molecular weight is 513 g/mol. The van der Waals surface area contributed by atoms with Gasteiger partial charge in [0.1, 0.15) is 5.76 Å². The lowest BCUT2D eigenvalue weighted by atomic mass is 10.0. The van der Waals surface area contributed by atoms with Gasteiger partial charge in [-0.05, 0) is 64.6 Å². The topological polar surface area (TPSA) is 96.2 Å². The van der Waals surface area contributed by atoms with Crippen LogP contribution < -0.4 is 9.47 Å². The van der Waals surface area contributed by atoms with Crippen molar-refractivity contribution in [3.05, 3.63) is 124 Å². The van der Waals surface area contributed by atoms with Crippen LogP contribution in [0.5, 0.6) is 11.5 Å². The van der Waals surface area contributed by atoms with Crippen molar-refractivity contribution >= 4 is 24.0 Å². The molecular weight excluding hydrogens is 480 g/mol. The first-order chi connectivity index (χ1) is 18.5. The van der Waals surface area contributed by atoms with Gasteiger partial charge in [-0.25, -0.2) is 0 Å². The Morgan fingerprint density at radius 1 is 0.737 bits per heavy atom. The summed E-state index contributed by atoms with van der Waals surface area (Å²) in [5.41, 5.74) is 3.89. The Balaban J connectivity index is 1.89. The molecule has 0 heterocycles. The van der Waals surface area contributed by atoms with Gasteiger partial charge < -0.3 is 24.8 Å². The monoisotopic (exact) mass is 512 g/mol. The van der Waals surface area contributed by atoms with Crippen LogP contribution in [0.2, 0.25) is 0 Å². The second-order valence-corrected chi connectivity index (χ2v) is 8.37. The molecule has 0 amide bonds. The van der Waals surface area contributed by atoms with E-state index in [0.29, 0.717) is 28.2 Å². The molecule has 3 rings (SSSR count). The van der Waals surface area contributed by atoms with Gasteiger partial charge in [0.2, 0.25) is 0 Å². The second-order valence-electron chi connectivity index (χ2n) is 8.37. The van der Waals surface area contributed by atoms with E-state index in [1.54, 1.807) is 62.8 Å². The Kier molecular flexibility index (Phi) is 10.7. The molecule has 0 saturated heterocycles. The molecule has 0 aliphatic carbocycles. The molecule has 38 heavy (non-hydrogen) atoms. The van der Waals surface area contributed by atoms with Crippen LogP contribution in [0.3, 0.4) is 0 Å². The van der Waals surface area contributed by atoms with Gasteiger partial charge in [0, 0.05) is 5.57 Å². The number of ketones is 1. The Labute approximate surface area is 223 Å². The number of aliphatic hydroxyl groups excluding tert-OH is 3. The summed E-state index contributed by atoms with van der Waals surface area (Å²) >= 11 is 0. The van der Waals surface area contributed by atoms with Crippen LogP contribution in [0.25, 0.3) is 18.2 Å². The maximum Gasteiger partial charge on any atom is 0.185 e. The van der Waals surface area contributed by atoms with Crippen molar-refractivity contribution in [2.24, 2.45) is 0 Å². The predicted octanol–water partition coefficient (Wildman–Crippen LogP) is 5.90. The van der Waals surface area contributed by atoms with Gasteiger partial charge in [0.15, 0.2) is 17.3 Å². The molecule has 0 saturated carbocycles. The SMILES string of the molecule is COc1ccc(/C=C/C(=O)C(C/C=C/c2ccccc2)=C(O)/C=C/c2ccc(CO)c(CO)c2)cc1OC. The fourth-order valence-corrected chi connectivity index (χ4v) is 3.76. The van der Waals surface area contributed by atoms with Crippen LogP contribution in [0.15, 0.2) is 96.3 Å². The van der Waals surface area contributed by atoms with E-state index in [-0.39, 0.29) is 36.8 Å². The fourth-order valence-electron chi connectivity index (χ4n) is 3.76. The van der Waals surface area contributed by atoms with Gasteiger partial charge in [-0.15, -0.1) is 0 Å². The number of rotatable bonds is 12. The molecule has 3 aromatic carbocycles. The molecule has 6 nitrogen and oxygen atoms in total. The third-order valence-electron chi connectivity index (χ3n) is 5.88. The Morgan fingerprint density at radius 3 is 2.08 bits per heavy atom. The summed E-state index contributed by atoms with van der Waals surface area (Å²) in [5, 5.41) is 29.8. The van der Waals surface area contributed by atoms with Crippen LogP contribution in [0, 0.1) is 0 Å². The molecule has 0 radical (unpaired) electrons. The lowest BCUT2D eigenvalue weighted by Gasteiger charge is -2.08. The quantitative estimate of drug-likeness (QED) is 0.159. The number of carbonyl (C=O) groups excluding carboxylic acids is 1. The van der Waals surface area contributed by atoms with Gasteiger partial charge in [-0.2, -0.15) is 0 Å². The largest absolute Gasteiger partial charge is 0.508 e. The average Bonchev–Trinajstić information content (AvgIpc) is 2.96. The van der Waals surface area contributed by atoms with E-state index in [4.69, 9.17) is 9.47 Å². The number of hydrogen-bond donors (Lipinski definition) is 3. The normalized spacial score (nSPS) is 12.3. The van der Waals surface area contributed by atoms with Gasteiger partial charge in [-0.3, -0.25) is 4.79 Å². The third kappa shape index (κ3) is 7.80. The Morgan fingerprint density at radius 2 is 1.39 bits per heavy atom. The first-order valence-corrected chi connectivity index (χ1v) is 12.1. The highest BCUT2D eigenvalue weighted by atomic mass is 16.5. The summed E-state index contributed by atoms with van der Waals surface area (Å²) in [5.74, 6) is 0.624. The highest BCUT2D eigenvalue weighted by molar-refractivity contribution is 6.07. The van der Waals surface area contributed by atoms with E-state index in [0.717, 1.165) is 11.1 Å². The summed E-state index contributed by atoms with van der Waals surface area (Å²) < 4.78 is 10.6. The fraction of sp³-hybridized carbons (Fsp3) is 0.156. The van der Waals surface area contributed by atoms with Crippen LogP contribution >= 0.6 is 0 Å². The standard InChI is InChI=1S/C32H32O6/c1-37-31-18-14-25(20-32(31)38-2)13-17-30(36)28(10-6-9-23-7-4-3-5-8-23)29(35)16-12-24-11-15-26(21-33)27(19-24)22-34/h3-9,11-20,33-35H,10,21-22H2,1-2H3/b9-6+,16-12+,17-13+,29-28?. The van der Waals surface area contributed by atoms with Gasteiger partial charge >= 0.3 is 0 Å². The molecule has 0 spiro atoms. The Hall–Kier alpha value is -4.39. The molecule has 0 aromatic heterocycles. The van der Waals surface area contributed by atoms with Crippen molar-refractivity contribution in [2.75, 3.05) is 14.2 Å². The minimum atomic E-state index is -0.341. The van der Waals surface area contributed by atoms with Crippen molar-refractivity contribution in [2.45, 2.75) is 19.6 Å². The highest BCUT2D eigenvalue weighted by Gasteiger charge is 2.11. The molecule has 0 aliphatic heterocycles. The third-order valence-corrected chi connectivity index (χ3v) is 5.88. The van der Waals surface area contributed by atoms with Gasteiger partial charge in [0.25, 0.3) is 0 Å². The van der Waals surface area contributed by atoms with Crippen LogP contribution in [-0.2, 0) is 18.0 Å². The van der Waals surface area contributed by atoms with Gasteiger partial charge in [0.05, 0.1) is 27.4 Å². The molecule has 0 atom stereocenters. The highest BCUT2D eigenvalue weighted by Crippen LogP contribution is 2.28. The zero-order chi connectivity index (χ0) is 27.3. The van der Waals surface area contributed by atoms with Crippen LogP contribution in [0.4, 0.5) is 0 Å². The number of carbonyl (C=O) groups is 1. The molecule has 196 valence electrons. The summed E-state index contributed by atoms with van der Waals surface area (Å²) in [6, 6.07) is 20.2. The van der Waals surface area contributed by atoms with E-state index >= 15 is 0 Å². The molecule has 3 N–H and O–H groups in total. The van der Waals surface area contributed by atoms with Crippen molar-refractivity contribution in [1.29, 1.82) is 0 Å². The minimum Gasteiger partial charge on any atom is -0.508 e. The molecule has 0 aliphatic rings. The smallest absolute Gasteiger partial charge is 0.185 e. The van der Waals surface area contributed by atoms with Crippen LogP contribution in [-0.4, -0.2) is 35.3 Å². The zero-order valence-corrected chi connectivity index (χ0v) is 21.5. The van der Waals surface area contributed by atoms with Crippen molar-refractivity contribution in [3.63, 3.8) is 0 Å². The summed E-state index contributed by atoms with van der Waals surface area (Å²) in [4.78, 5) is 13.2. The maximum atomic E-state index is 13.2. The molecule has 0 unspecified atom stereocenters. The molecular formula is C32H32O6. The molecule has 6 heteroatoms. The van der Waals surface area contributed by atoms with E-state index in [1.165, 1.54) is 12.2 Å². The molecule has 0 fully saturated rings. The second kappa shape index (κ2) is 14.4. The Bertz CT molecular complexity index is 1350. The number of ether oxygens (including phenoxy) is 2. The maximum absolute atomic E-state index is 13.2. The van der Waals surface area contributed by atoms with E-state index in [9.17, 15) is 20.1 Å². The van der Waals surface area contributed by atoms with Crippen molar-refractivity contribution in [1.82, 2.24) is 0 Å². The number of allylic oxidation sites excluding steroid dienone is 4.